The van der Waals surface area contributed by atoms with E-state index in [0.717, 1.165) is 10.9 Å². The van der Waals surface area contributed by atoms with Gasteiger partial charge in [0.25, 0.3) is 0 Å². The van der Waals surface area contributed by atoms with Crippen molar-refractivity contribution in [2.24, 2.45) is 4.99 Å². The van der Waals surface area contributed by atoms with Gasteiger partial charge in [-0.25, -0.2) is 18.8 Å². The molecule has 0 radical (unpaired) electrons. The molecule has 2 aliphatic rings. The highest BCUT2D eigenvalue weighted by atomic mass is 32.2. The molecule has 120 valence electrons. The Morgan fingerprint density at radius 3 is 2.91 bits per heavy atom. The van der Waals surface area contributed by atoms with E-state index in [1.165, 1.54) is 0 Å². The average Bonchev–Trinajstić information content (AvgIpc) is 2.97. The third-order valence-electron chi connectivity index (χ3n) is 3.62. The topological polar surface area (TPSA) is 74.7 Å². The van der Waals surface area contributed by atoms with E-state index < -0.39 is 15.5 Å². The molecule has 1 saturated heterocycles. The normalized spacial score (nSPS) is 26.2. The molecule has 22 heavy (non-hydrogen) atoms. The molecule has 8 heteroatoms. The summed E-state index contributed by atoms with van der Waals surface area (Å²) in [6, 6.07) is 5.79. The number of nitrogens with zero attached hydrogens (tertiary/aromatic N) is 3. The molecule has 3 rings (SSSR count). The van der Waals surface area contributed by atoms with Crippen molar-refractivity contribution in [3.8, 4) is 0 Å². The Bertz CT molecular complexity index is 673. The van der Waals surface area contributed by atoms with Gasteiger partial charge in [-0.05, 0) is 32.4 Å². The quantitative estimate of drug-likeness (QED) is 0.897. The molecule has 6 nitrogen and oxygen atoms in total. The number of aromatic nitrogens is 1. The first-order valence-corrected chi connectivity index (χ1v) is 10.1. The summed E-state index contributed by atoms with van der Waals surface area (Å²) in [6.45, 7) is 3.97. The van der Waals surface area contributed by atoms with Gasteiger partial charge in [-0.1, -0.05) is 17.8 Å². The van der Waals surface area contributed by atoms with Crippen molar-refractivity contribution >= 4 is 26.8 Å². The number of sulfone groups is 1. The second-order valence-corrected chi connectivity index (χ2v) is 9.27. The summed E-state index contributed by atoms with van der Waals surface area (Å²) < 4.78 is 23.5. The lowest BCUT2D eigenvalue weighted by molar-refractivity contribution is 0.204. The molecule has 1 N–H and O–H groups in total. The first-order valence-electron chi connectivity index (χ1n) is 7.25. The van der Waals surface area contributed by atoms with E-state index in [1.54, 1.807) is 18.0 Å². The molecule has 0 amide bonds. The number of hydrogen-bond donors (Lipinski definition) is 1. The minimum Gasteiger partial charge on any atom is -0.281 e. The summed E-state index contributed by atoms with van der Waals surface area (Å²) >= 11 is 1.59. The number of rotatable bonds is 3. The minimum atomic E-state index is -2.92. The van der Waals surface area contributed by atoms with E-state index >= 15 is 0 Å². The Kier molecular flexibility index (Phi) is 4.17. The van der Waals surface area contributed by atoms with Crippen LogP contribution >= 0.6 is 11.8 Å². The molecule has 0 saturated carbocycles. The van der Waals surface area contributed by atoms with Crippen LogP contribution in [0, 0.1) is 0 Å². The lowest BCUT2D eigenvalue weighted by Crippen LogP contribution is -2.50. The van der Waals surface area contributed by atoms with Crippen LogP contribution in [-0.2, 0) is 15.6 Å². The van der Waals surface area contributed by atoms with Crippen LogP contribution in [0.25, 0.3) is 0 Å². The molecule has 1 unspecified atom stereocenters. The van der Waals surface area contributed by atoms with Gasteiger partial charge in [-0.3, -0.25) is 9.99 Å². The predicted molar refractivity (Wildman–Crippen MR) is 89.1 cm³/mol. The first-order chi connectivity index (χ1) is 10.3. The Labute approximate surface area is 135 Å². The second-order valence-electron chi connectivity index (χ2n) is 6.10. The molecule has 0 aromatic carbocycles. The zero-order valence-electron chi connectivity index (χ0n) is 12.7. The van der Waals surface area contributed by atoms with Gasteiger partial charge in [-0.15, -0.1) is 0 Å². The first kappa shape index (κ1) is 15.8. The molecule has 0 aliphatic carbocycles. The Morgan fingerprint density at radius 2 is 2.27 bits per heavy atom. The van der Waals surface area contributed by atoms with E-state index in [2.05, 4.69) is 15.4 Å². The van der Waals surface area contributed by atoms with Crippen LogP contribution in [0.4, 0.5) is 0 Å². The van der Waals surface area contributed by atoms with Gasteiger partial charge in [0.1, 0.15) is 5.66 Å². The van der Waals surface area contributed by atoms with Gasteiger partial charge in [-0.2, -0.15) is 0 Å². The molecular formula is C14H20N4O2S2. The van der Waals surface area contributed by atoms with Crippen molar-refractivity contribution in [3.63, 3.8) is 0 Å². The van der Waals surface area contributed by atoms with E-state index in [4.69, 9.17) is 0 Å². The molecule has 2 aliphatic heterocycles. The molecule has 1 fully saturated rings. The van der Waals surface area contributed by atoms with Crippen LogP contribution < -0.4 is 5.43 Å². The molecule has 1 atom stereocenters. The minimum absolute atomic E-state index is 0.0400. The molecule has 1 aromatic rings. The van der Waals surface area contributed by atoms with Crippen molar-refractivity contribution in [1.82, 2.24) is 15.4 Å². The van der Waals surface area contributed by atoms with Crippen LogP contribution in [-0.4, -0.2) is 46.8 Å². The van der Waals surface area contributed by atoms with E-state index in [-0.39, 0.29) is 17.5 Å². The van der Waals surface area contributed by atoms with Crippen LogP contribution in [0.2, 0.25) is 0 Å². The summed E-state index contributed by atoms with van der Waals surface area (Å²) in [6.07, 6.45) is 2.42. The number of hydrogen-bond acceptors (Lipinski definition) is 7. The lowest BCUT2D eigenvalue weighted by Gasteiger charge is -2.28. The van der Waals surface area contributed by atoms with E-state index in [0.29, 0.717) is 12.2 Å². The van der Waals surface area contributed by atoms with E-state index in [9.17, 15) is 8.42 Å². The fraction of sp³-hybridized carbons (Fsp3) is 0.571. The summed E-state index contributed by atoms with van der Waals surface area (Å²) in [5, 5.41) is 2.79. The smallest absolute Gasteiger partial charge is 0.176 e. The van der Waals surface area contributed by atoms with Crippen molar-refractivity contribution < 1.29 is 8.42 Å². The number of hydrazine groups is 1. The lowest BCUT2D eigenvalue weighted by atomic mass is 10.2. The van der Waals surface area contributed by atoms with Gasteiger partial charge < -0.3 is 0 Å². The maximum absolute atomic E-state index is 11.7. The standard InChI is InChI=1S/C14H20N4O2S2/c1-14(2)16-13(21-9-11-5-3-4-7-15-11)18(17-14)12-6-8-22(19,20)10-12/h3-5,7,12,17H,6,8-10H2,1-2H3. The summed E-state index contributed by atoms with van der Waals surface area (Å²) in [5.74, 6) is 1.17. The number of thioether (sulfide) groups is 1. The maximum atomic E-state index is 11.7. The Balaban J connectivity index is 1.72. The van der Waals surface area contributed by atoms with Gasteiger partial charge in [0.2, 0.25) is 0 Å². The van der Waals surface area contributed by atoms with Crippen LogP contribution in [0.5, 0.6) is 0 Å². The van der Waals surface area contributed by atoms with Crippen LogP contribution in [0.15, 0.2) is 29.4 Å². The fourth-order valence-corrected chi connectivity index (χ4v) is 5.39. The third-order valence-corrected chi connectivity index (χ3v) is 6.36. The van der Waals surface area contributed by atoms with Crippen molar-refractivity contribution in [2.45, 2.75) is 37.7 Å². The average molecular weight is 340 g/mol. The number of aliphatic imine (C=N–C) groups is 1. The fourth-order valence-electron chi connectivity index (χ4n) is 2.61. The zero-order valence-corrected chi connectivity index (χ0v) is 14.3. The molecule has 3 heterocycles. The molecule has 0 spiro atoms. The maximum Gasteiger partial charge on any atom is 0.176 e. The monoisotopic (exact) mass is 340 g/mol. The van der Waals surface area contributed by atoms with Crippen LogP contribution in [0.1, 0.15) is 26.0 Å². The molecule has 0 bridgehead atoms. The van der Waals surface area contributed by atoms with Gasteiger partial charge in [0, 0.05) is 11.9 Å². The highest BCUT2D eigenvalue weighted by molar-refractivity contribution is 8.13. The van der Waals surface area contributed by atoms with Gasteiger partial charge in [0.05, 0.1) is 23.2 Å². The Hall–Kier alpha value is -1.12. The second kappa shape index (κ2) is 5.82. The summed E-state index contributed by atoms with van der Waals surface area (Å²) in [5.41, 5.74) is 3.90. The zero-order chi connectivity index (χ0) is 15.8. The summed E-state index contributed by atoms with van der Waals surface area (Å²) in [4.78, 5) is 8.99. The highest BCUT2D eigenvalue weighted by Gasteiger charge is 2.40. The molecule has 1 aromatic heterocycles. The third kappa shape index (κ3) is 3.61. The van der Waals surface area contributed by atoms with Crippen molar-refractivity contribution in [3.05, 3.63) is 30.1 Å². The molecular weight excluding hydrogens is 320 g/mol. The van der Waals surface area contributed by atoms with Crippen molar-refractivity contribution in [1.29, 1.82) is 0 Å². The highest BCUT2D eigenvalue weighted by Crippen LogP contribution is 2.28. The number of amidine groups is 1. The Morgan fingerprint density at radius 1 is 1.45 bits per heavy atom. The number of pyridine rings is 1. The summed E-state index contributed by atoms with van der Waals surface area (Å²) in [7, 11) is -2.92. The van der Waals surface area contributed by atoms with Gasteiger partial charge in [0.15, 0.2) is 15.0 Å². The van der Waals surface area contributed by atoms with Crippen molar-refractivity contribution in [2.75, 3.05) is 11.5 Å². The predicted octanol–water partition coefficient (Wildman–Crippen LogP) is 1.41. The van der Waals surface area contributed by atoms with E-state index in [1.807, 2.05) is 37.1 Å². The number of nitrogens with one attached hydrogen (secondary N) is 1. The largest absolute Gasteiger partial charge is 0.281 e. The SMILES string of the molecule is CC1(C)N=C(SCc2ccccn2)N(C2CCS(=O)(=O)C2)N1. The van der Waals surface area contributed by atoms with Gasteiger partial charge >= 0.3 is 0 Å². The van der Waals surface area contributed by atoms with Crippen LogP contribution in [0.3, 0.4) is 0 Å².